The Labute approximate surface area is 122 Å². The second-order valence-electron chi connectivity index (χ2n) is 5.41. The highest BCUT2D eigenvalue weighted by molar-refractivity contribution is 9.09. The van der Waals surface area contributed by atoms with E-state index < -0.39 is 0 Å². The number of aryl methyl sites for hydroxylation is 1. The van der Waals surface area contributed by atoms with Gasteiger partial charge in [-0.3, -0.25) is 0 Å². The number of alkyl halides is 1. The number of benzene rings is 1. The number of hydrogen-bond acceptors (Lipinski definition) is 0. The molecule has 3 heteroatoms. The first-order chi connectivity index (χ1) is 8.50. The fraction of sp³-hybridized carbons (Fsp3) is 0.600. The zero-order valence-corrected chi connectivity index (χ0v) is 13.2. The van der Waals surface area contributed by atoms with Crippen LogP contribution in [0.1, 0.15) is 55.0 Å². The smallest absolute Gasteiger partial charge is 0.127 e. The molecule has 0 N–H and O–H groups in total. The summed E-state index contributed by atoms with van der Waals surface area (Å²) in [4.78, 5) is 0.226. The number of halogens is 3. The van der Waals surface area contributed by atoms with Gasteiger partial charge in [-0.05, 0) is 48.8 Å². The van der Waals surface area contributed by atoms with Crippen LogP contribution in [0.25, 0.3) is 0 Å². The van der Waals surface area contributed by atoms with Crippen molar-refractivity contribution < 1.29 is 4.39 Å². The van der Waals surface area contributed by atoms with E-state index in [0.717, 1.165) is 12.0 Å². The third kappa shape index (κ3) is 2.46. The quantitative estimate of drug-likeness (QED) is 0.578. The van der Waals surface area contributed by atoms with Gasteiger partial charge in [0.25, 0.3) is 0 Å². The maximum Gasteiger partial charge on any atom is 0.127 e. The van der Waals surface area contributed by atoms with Crippen molar-refractivity contribution in [1.82, 2.24) is 0 Å². The van der Waals surface area contributed by atoms with Gasteiger partial charge < -0.3 is 0 Å². The fourth-order valence-electron chi connectivity index (χ4n) is 3.07. The first-order valence-electron chi connectivity index (χ1n) is 6.60. The average molecular weight is 334 g/mol. The minimum atomic E-state index is -0.222. The molecule has 0 aromatic heterocycles. The maximum absolute atomic E-state index is 13.5. The standard InChI is InChI=1S/C15H19BrClF/c1-3-15(6-4-5-7-15)14(16)11-8-10(2)13(18)9-12(11)17/h8-9,14H,3-7H2,1-2H3. The summed E-state index contributed by atoms with van der Waals surface area (Å²) in [7, 11) is 0. The second kappa shape index (κ2) is 5.50. The van der Waals surface area contributed by atoms with Crippen molar-refractivity contribution in [3.8, 4) is 0 Å². The lowest BCUT2D eigenvalue weighted by atomic mass is 9.77. The number of rotatable bonds is 3. The summed E-state index contributed by atoms with van der Waals surface area (Å²) >= 11 is 10.1. The van der Waals surface area contributed by atoms with Gasteiger partial charge in [-0.15, -0.1) is 0 Å². The molecule has 1 unspecified atom stereocenters. The molecule has 100 valence electrons. The van der Waals surface area contributed by atoms with Crippen LogP contribution < -0.4 is 0 Å². The molecule has 0 saturated heterocycles. The molecule has 1 atom stereocenters. The van der Waals surface area contributed by atoms with Crippen molar-refractivity contribution in [1.29, 1.82) is 0 Å². The molecule has 1 aromatic rings. The largest absolute Gasteiger partial charge is 0.207 e. The van der Waals surface area contributed by atoms with Crippen molar-refractivity contribution in [2.24, 2.45) is 5.41 Å². The van der Waals surface area contributed by atoms with Crippen LogP contribution in [0.15, 0.2) is 12.1 Å². The van der Waals surface area contributed by atoms with Gasteiger partial charge in [-0.2, -0.15) is 0 Å². The van der Waals surface area contributed by atoms with Gasteiger partial charge in [-0.1, -0.05) is 53.4 Å². The topological polar surface area (TPSA) is 0 Å². The van der Waals surface area contributed by atoms with Gasteiger partial charge in [0.1, 0.15) is 5.82 Å². The zero-order valence-electron chi connectivity index (χ0n) is 10.9. The highest BCUT2D eigenvalue weighted by atomic mass is 79.9. The molecule has 0 amide bonds. The molecule has 0 radical (unpaired) electrons. The van der Waals surface area contributed by atoms with Crippen LogP contribution in [0.4, 0.5) is 4.39 Å². The summed E-state index contributed by atoms with van der Waals surface area (Å²) < 4.78 is 13.5. The normalized spacial score (nSPS) is 20.1. The first-order valence-corrected chi connectivity index (χ1v) is 7.89. The summed E-state index contributed by atoms with van der Waals surface area (Å²) in [6, 6.07) is 3.34. The van der Waals surface area contributed by atoms with E-state index in [2.05, 4.69) is 22.9 Å². The van der Waals surface area contributed by atoms with Gasteiger partial charge in [0, 0.05) is 9.85 Å². The monoisotopic (exact) mass is 332 g/mol. The maximum atomic E-state index is 13.5. The van der Waals surface area contributed by atoms with E-state index in [0.29, 0.717) is 10.6 Å². The molecule has 0 spiro atoms. The van der Waals surface area contributed by atoms with Crippen LogP contribution in [-0.4, -0.2) is 0 Å². The van der Waals surface area contributed by atoms with Crippen molar-refractivity contribution in [3.05, 3.63) is 34.1 Å². The molecule has 0 aliphatic heterocycles. The van der Waals surface area contributed by atoms with Gasteiger partial charge in [0.2, 0.25) is 0 Å². The highest BCUT2D eigenvalue weighted by Gasteiger charge is 2.40. The predicted molar refractivity (Wildman–Crippen MR) is 79.0 cm³/mol. The van der Waals surface area contributed by atoms with Crippen molar-refractivity contribution >= 4 is 27.5 Å². The van der Waals surface area contributed by atoms with Gasteiger partial charge in [-0.25, -0.2) is 4.39 Å². The molecular weight excluding hydrogens is 315 g/mol. The van der Waals surface area contributed by atoms with E-state index >= 15 is 0 Å². The van der Waals surface area contributed by atoms with Crippen LogP contribution >= 0.6 is 27.5 Å². The van der Waals surface area contributed by atoms with Crippen molar-refractivity contribution in [2.75, 3.05) is 0 Å². The Kier molecular flexibility index (Phi) is 4.38. The van der Waals surface area contributed by atoms with E-state index in [1.807, 2.05) is 6.07 Å². The summed E-state index contributed by atoms with van der Waals surface area (Å²) in [6.07, 6.45) is 6.16. The SMILES string of the molecule is CCC1(C(Br)c2cc(C)c(F)cc2Cl)CCCC1. The molecule has 1 aliphatic carbocycles. The second-order valence-corrected chi connectivity index (χ2v) is 6.73. The molecule has 18 heavy (non-hydrogen) atoms. The third-order valence-corrected chi connectivity index (χ3v) is 6.18. The molecule has 0 bridgehead atoms. The molecule has 1 fully saturated rings. The van der Waals surface area contributed by atoms with E-state index in [1.54, 1.807) is 6.92 Å². The average Bonchev–Trinajstić information content (AvgIpc) is 2.83. The van der Waals surface area contributed by atoms with Crippen LogP contribution in [0.2, 0.25) is 5.02 Å². The van der Waals surface area contributed by atoms with Crippen molar-refractivity contribution in [3.63, 3.8) is 0 Å². The Morgan fingerprint density at radius 3 is 2.56 bits per heavy atom. The van der Waals surface area contributed by atoms with E-state index in [9.17, 15) is 4.39 Å². The predicted octanol–water partition coefficient (Wildman–Crippen LogP) is 6.19. The lowest BCUT2D eigenvalue weighted by Gasteiger charge is -2.34. The lowest BCUT2D eigenvalue weighted by Crippen LogP contribution is -2.21. The van der Waals surface area contributed by atoms with E-state index in [1.165, 1.54) is 31.7 Å². The van der Waals surface area contributed by atoms with Gasteiger partial charge in [0.15, 0.2) is 0 Å². The molecule has 1 aliphatic rings. The molecule has 1 saturated carbocycles. The summed E-state index contributed by atoms with van der Waals surface area (Å²) in [5, 5.41) is 0.541. The zero-order chi connectivity index (χ0) is 13.3. The summed E-state index contributed by atoms with van der Waals surface area (Å²) in [5.41, 5.74) is 2.00. The molecule has 1 aromatic carbocycles. The Bertz CT molecular complexity index is 438. The highest BCUT2D eigenvalue weighted by Crippen LogP contribution is 2.55. The van der Waals surface area contributed by atoms with Crippen LogP contribution in [0.5, 0.6) is 0 Å². The van der Waals surface area contributed by atoms with Crippen molar-refractivity contribution in [2.45, 2.75) is 50.8 Å². The summed E-state index contributed by atoms with van der Waals surface area (Å²) in [6.45, 7) is 4.03. The number of hydrogen-bond donors (Lipinski definition) is 0. The minimum Gasteiger partial charge on any atom is -0.207 e. The summed E-state index contributed by atoms with van der Waals surface area (Å²) in [5.74, 6) is -0.222. The first kappa shape index (κ1) is 14.3. The Hall–Kier alpha value is -0.0800. The fourth-order valence-corrected chi connectivity index (χ4v) is 4.62. The Morgan fingerprint density at radius 2 is 2.00 bits per heavy atom. The van der Waals surface area contributed by atoms with Crippen LogP contribution in [0, 0.1) is 18.2 Å². The third-order valence-electron chi connectivity index (χ3n) is 4.39. The van der Waals surface area contributed by atoms with Crippen LogP contribution in [-0.2, 0) is 0 Å². The molecule has 0 nitrogen and oxygen atoms in total. The van der Waals surface area contributed by atoms with Gasteiger partial charge in [0.05, 0.1) is 0 Å². The minimum absolute atomic E-state index is 0.222. The molecular formula is C15H19BrClF. The molecule has 2 rings (SSSR count). The Balaban J connectivity index is 2.39. The van der Waals surface area contributed by atoms with Gasteiger partial charge >= 0.3 is 0 Å². The lowest BCUT2D eigenvalue weighted by molar-refractivity contribution is 0.279. The van der Waals surface area contributed by atoms with E-state index in [-0.39, 0.29) is 16.1 Å². The Morgan fingerprint density at radius 1 is 1.39 bits per heavy atom. The van der Waals surface area contributed by atoms with E-state index in [4.69, 9.17) is 11.6 Å². The van der Waals surface area contributed by atoms with Crippen LogP contribution in [0.3, 0.4) is 0 Å². The molecule has 0 heterocycles.